The molecule has 1 radical (unpaired) electrons. The molecular weight excluding hydrogens is 792 g/mol. The molecular formula is C32H56MnN8O9S3. The topological polar surface area (TPSA) is 259 Å². The Labute approximate surface area is 323 Å². The SMILES string of the molecule is O=S(=O)(O)C1CC2C3NC4NC(NC5NC(NC6NC(NC(N3)C2C(S(=O)(=O)O)C1S(=O)(=O)O)C1CCCCC61)C1CCCCC51)C1CCCCC41.[Mn]. The van der Waals surface area contributed by atoms with Crippen LogP contribution in [0.15, 0.2) is 0 Å². The molecule has 4 saturated carbocycles. The van der Waals surface area contributed by atoms with Crippen molar-refractivity contribution in [2.45, 2.75) is 149 Å². The van der Waals surface area contributed by atoms with Crippen molar-refractivity contribution in [3.63, 3.8) is 0 Å². The summed E-state index contributed by atoms with van der Waals surface area (Å²) in [4.78, 5) is 0. The molecule has 5 saturated heterocycles. The Morgan fingerprint density at radius 2 is 0.623 bits per heavy atom. The van der Waals surface area contributed by atoms with E-state index in [-0.39, 0.29) is 71.8 Å². The van der Waals surface area contributed by atoms with E-state index >= 15 is 0 Å². The maximum atomic E-state index is 13.3. The molecule has 11 N–H and O–H groups in total. The molecule has 19 atom stereocenters. The van der Waals surface area contributed by atoms with Crippen LogP contribution in [0.3, 0.4) is 0 Å². The molecule has 8 bridgehead atoms. The molecule has 5 heterocycles. The summed E-state index contributed by atoms with van der Waals surface area (Å²) in [5.41, 5.74) is 0. The molecule has 53 heavy (non-hydrogen) atoms. The van der Waals surface area contributed by atoms with E-state index in [0.29, 0.717) is 17.8 Å². The molecule has 0 aromatic carbocycles. The Kier molecular flexibility index (Phi) is 11.0. The van der Waals surface area contributed by atoms with Crippen LogP contribution in [-0.4, -0.2) is 104 Å². The first-order valence-corrected chi connectivity index (χ1v) is 24.1. The van der Waals surface area contributed by atoms with Gasteiger partial charge in [-0.3, -0.25) is 56.2 Å². The van der Waals surface area contributed by atoms with Gasteiger partial charge in [0.1, 0.15) is 15.7 Å². The predicted octanol–water partition coefficient (Wildman–Crippen LogP) is -0.798. The molecule has 19 unspecified atom stereocenters. The minimum Gasteiger partial charge on any atom is -0.286 e. The van der Waals surface area contributed by atoms with Gasteiger partial charge in [-0.2, -0.15) is 25.3 Å². The van der Waals surface area contributed by atoms with Crippen molar-refractivity contribution in [3.05, 3.63) is 0 Å². The number of nitrogens with one attached hydrogen (secondary N) is 8. The molecule has 0 aromatic rings. The number of hydrogen-bond donors (Lipinski definition) is 11. The third-order valence-corrected chi connectivity index (χ3v) is 19.2. The summed E-state index contributed by atoms with van der Waals surface area (Å²) in [5.74, 6) is -0.0970. The van der Waals surface area contributed by atoms with Crippen LogP contribution in [-0.2, 0) is 47.4 Å². The van der Waals surface area contributed by atoms with Crippen molar-refractivity contribution in [1.82, 2.24) is 42.5 Å². The van der Waals surface area contributed by atoms with Gasteiger partial charge in [0.05, 0.1) is 49.3 Å². The van der Waals surface area contributed by atoms with Gasteiger partial charge in [0.2, 0.25) is 0 Å². The summed E-state index contributed by atoms with van der Waals surface area (Å²) in [6.07, 6.45) is 10.5. The van der Waals surface area contributed by atoms with Gasteiger partial charge >= 0.3 is 0 Å². The van der Waals surface area contributed by atoms with Gasteiger partial charge in [-0.05, 0) is 86.4 Å². The van der Waals surface area contributed by atoms with Crippen LogP contribution < -0.4 is 42.5 Å². The first-order valence-electron chi connectivity index (χ1n) is 19.6. The van der Waals surface area contributed by atoms with Gasteiger partial charge in [0.15, 0.2) is 0 Å². The number of rotatable bonds is 3. The van der Waals surface area contributed by atoms with Gasteiger partial charge in [-0.15, -0.1) is 0 Å². The summed E-state index contributed by atoms with van der Waals surface area (Å²) in [7, 11) is -15.9. The molecule has 9 fully saturated rings. The van der Waals surface area contributed by atoms with E-state index in [4.69, 9.17) is 0 Å². The van der Waals surface area contributed by atoms with Gasteiger partial charge in [-0.1, -0.05) is 38.5 Å². The monoisotopic (exact) mass is 847 g/mol. The second-order valence-corrected chi connectivity index (χ2v) is 22.3. The zero-order valence-electron chi connectivity index (χ0n) is 29.6. The predicted molar refractivity (Wildman–Crippen MR) is 189 cm³/mol. The Morgan fingerprint density at radius 3 is 0.887 bits per heavy atom. The van der Waals surface area contributed by atoms with Gasteiger partial charge in [0.25, 0.3) is 30.4 Å². The molecule has 21 heteroatoms. The Balaban J connectivity index is 0.00000400. The molecule has 4 aliphatic carbocycles. The van der Waals surface area contributed by atoms with E-state index in [1.165, 1.54) is 12.8 Å². The average Bonchev–Trinajstić information content (AvgIpc) is 3.82. The molecule has 9 aliphatic rings. The number of fused-ring (bicyclic) bond motifs is 20. The quantitative estimate of drug-likeness (QED) is 0.123. The summed E-state index contributed by atoms with van der Waals surface area (Å²) in [6, 6.07) is 0. The standard InChI is InChI=1S/C32H56N8O9S3.Mn/c41-50(42,43)21-13-20-22(24(52(47,48)49)23(21)51(44,45)46)32-39-30-19-12-6-5-11-18(19)28(37-30)35-26-15-8-2-1-7-14(15)25(33-26)34-27-16-9-3-4-10-17(16)29(36-27)38-31(20)40-32;/h14-40H,1-13H2,(H,41,42,43)(H,44,45,46)(H,47,48,49);. The van der Waals surface area contributed by atoms with E-state index in [2.05, 4.69) is 42.5 Å². The molecule has 0 spiro atoms. The Hall–Kier alpha value is -0.0705. The Bertz CT molecular complexity index is 1720. The zero-order chi connectivity index (χ0) is 36.3. The van der Waals surface area contributed by atoms with Crippen LogP contribution in [0.2, 0.25) is 0 Å². The molecule has 9 rings (SSSR count). The fourth-order valence-corrected chi connectivity index (χ4v) is 18.0. The van der Waals surface area contributed by atoms with Crippen LogP contribution in [0.5, 0.6) is 0 Å². The molecule has 5 aliphatic heterocycles. The zero-order valence-corrected chi connectivity index (χ0v) is 33.2. The van der Waals surface area contributed by atoms with Crippen LogP contribution in [0.4, 0.5) is 0 Å². The van der Waals surface area contributed by atoms with Gasteiger partial charge < -0.3 is 0 Å². The first-order chi connectivity index (χ1) is 24.7. The van der Waals surface area contributed by atoms with Gasteiger partial charge in [0, 0.05) is 23.0 Å². The normalized spacial score (nSPS) is 51.3. The van der Waals surface area contributed by atoms with Crippen molar-refractivity contribution >= 4 is 30.4 Å². The second-order valence-electron chi connectivity index (χ2n) is 17.5. The van der Waals surface area contributed by atoms with E-state index in [1.54, 1.807) is 0 Å². The van der Waals surface area contributed by atoms with Gasteiger partial charge in [-0.25, -0.2) is 0 Å². The summed E-state index contributed by atoms with van der Waals surface area (Å²) in [6.45, 7) is 0. The molecule has 303 valence electrons. The third-order valence-electron chi connectivity index (χ3n) is 15.0. The van der Waals surface area contributed by atoms with Crippen LogP contribution in [0.25, 0.3) is 0 Å². The van der Waals surface area contributed by atoms with Crippen LogP contribution in [0, 0.1) is 47.3 Å². The Morgan fingerprint density at radius 1 is 0.358 bits per heavy atom. The van der Waals surface area contributed by atoms with Crippen molar-refractivity contribution in [2.24, 2.45) is 47.3 Å². The maximum Gasteiger partial charge on any atom is 0.270 e. The average molecular weight is 848 g/mol. The summed E-state index contributed by atoms with van der Waals surface area (Å²) in [5, 5.41) is 23.6. The molecule has 0 aromatic heterocycles. The summed E-state index contributed by atoms with van der Waals surface area (Å²) >= 11 is 0. The smallest absolute Gasteiger partial charge is 0.270 e. The fraction of sp³-hybridized carbons (Fsp3) is 1.00. The largest absolute Gasteiger partial charge is 0.286 e. The minimum absolute atomic E-state index is 0. The van der Waals surface area contributed by atoms with E-state index in [0.717, 1.165) is 64.2 Å². The number of hydrogen-bond acceptors (Lipinski definition) is 14. The van der Waals surface area contributed by atoms with Crippen LogP contribution >= 0.6 is 0 Å². The van der Waals surface area contributed by atoms with Crippen molar-refractivity contribution in [3.8, 4) is 0 Å². The molecule has 17 nitrogen and oxygen atoms in total. The van der Waals surface area contributed by atoms with Crippen molar-refractivity contribution in [2.75, 3.05) is 0 Å². The van der Waals surface area contributed by atoms with E-state index < -0.39 is 76.7 Å². The maximum absolute atomic E-state index is 13.3. The summed E-state index contributed by atoms with van der Waals surface area (Å²) < 4.78 is 109. The minimum atomic E-state index is -5.40. The first kappa shape index (κ1) is 39.7. The molecule has 0 amide bonds. The van der Waals surface area contributed by atoms with E-state index in [1.807, 2.05) is 0 Å². The second kappa shape index (κ2) is 14.6. The van der Waals surface area contributed by atoms with E-state index in [9.17, 15) is 38.9 Å². The third kappa shape index (κ3) is 7.11. The fourth-order valence-electron chi connectivity index (χ4n) is 13.0. The van der Waals surface area contributed by atoms with Crippen molar-refractivity contribution in [1.29, 1.82) is 0 Å². The van der Waals surface area contributed by atoms with Crippen molar-refractivity contribution < 1.29 is 56.0 Å². The van der Waals surface area contributed by atoms with Crippen LogP contribution in [0.1, 0.15) is 83.5 Å².